The Balaban J connectivity index is 2.43. The second-order valence-corrected chi connectivity index (χ2v) is 5.06. The quantitative estimate of drug-likeness (QED) is 0.787. The highest BCUT2D eigenvalue weighted by molar-refractivity contribution is 6.33. The van der Waals surface area contributed by atoms with Crippen LogP contribution in [0.4, 0.5) is 8.78 Å². The Morgan fingerprint density at radius 2 is 1.85 bits per heavy atom. The van der Waals surface area contributed by atoms with Crippen molar-refractivity contribution in [1.29, 1.82) is 0 Å². The van der Waals surface area contributed by atoms with Crippen LogP contribution < -0.4 is 5.32 Å². The third-order valence-corrected chi connectivity index (χ3v) is 3.53. The van der Waals surface area contributed by atoms with E-state index in [9.17, 15) is 8.78 Å². The summed E-state index contributed by atoms with van der Waals surface area (Å²) in [5.41, 5.74) is 2.34. The zero-order chi connectivity index (χ0) is 14.7. The minimum absolute atomic E-state index is 0.184. The molecule has 4 heteroatoms. The molecule has 0 aliphatic heterocycles. The summed E-state index contributed by atoms with van der Waals surface area (Å²) < 4.78 is 26.5. The van der Waals surface area contributed by atoms with E-state index in [1.807, 2.05) is 31.2 Å². The highest BCUT2D eigenvalue weighted by Gasteiger charge is 2.11. The van der Waals surface area contributed by atoms with Crippen LogP contribution in [0.2, 0.25) is 5.02 Å². The molecule has 1 nitrogen and oxygen atoms in total. The van der Waals surface area contributed by atoms with Crippen molar-refractivity contribution in [3.05, 3.63) is 58.6 Å². The van der Waals surface area contributed by atoms with E-state index in [0.29, 0.717) is 5.56 Å². The van der Waals surface area contributed by atoms with Crippen LogP contribution in [0.15, 0.2) is 36.4 Å². The van der Waals surface area contributed by atoms with Crippen LogP contribution in [0.1, 0.15) is 25.5 Å². The molecule has 0 spiro atoms. The van der Waals surface area contributed by atoms with Crippen molar-refractivity contribution < 1.29 is 8.78 Å². The van der Waals surface area contributed by atoms with Gasteiger partial charge in [-0.15, -0.1) is 0 Å². The van der Waals surface area contributed by atoms with Gasteiger partial charge >= 0.3 is 0 Å². The lowest BCUT2D eigenvalue weighted by molar-refractivity contribution is 0.509. The van der Waals surface area contributed by atoms with Crippen LogP contribution in [-0.4, -0.2) is 6.54 Å². The van der Waals surface area contributed by atoms with Gasteiger partial charge in [0.05, 0.1) is 5.02 Å². The summed E-state index contributed by atoms with van der Waals surface area (Å²) in [5, 5.41) is 3.51. The largest absolute Gasteiger partial charge is 0.310 e. The second-order valence-electron chi connectivity index (χ2n) is 4.65. The zero-order valence-electron chi connectivity index (χ0n) is 11.4. The van der Waals surface area contributed by atoms with Crippen LogP contribution in [0.25, 0.3) is 11.1 Å². The minimum Gasteiger partial charge on any atom is -0.310 e. The van der Waals surface area contributed by atoms with E-state index < -0.39 is 11.6 Å². The van der Waals surface area contributed by atoms with Crippen molar-refractivity contribution in [2.24, 2.45) is 0 Å². The highest BCUT2D eigenvalue weighted by atomic mass is 35.5. The molecular weight excluding hydrogens is 280 g/mol. The summed E-state index contributed by atoms with van der Waals surface area (Å²) in [5.74, 6) is -1.83. The molecule has 106 valence electrons. The maximum atomic E-state index is 13.4. The third kappa shape index (κ3) is 3.17. The molecule has 2 rings (SSSR count). The molecule has 0 radical (unpaired) electrons. The van der Waals surface area contributed by atoms with Gasteiger partial charge in [0.15, 0.2) is 11.6 Å². The molecule has 0 bridgehead atoms. The van der Waals surface area contributed by atoms with Crippen molar-refractivity contribution in [2.75, 3.05) is 6.54 Å². The molecular formula is C16H16ClF2N. The molecule has 2 aromatic carbocycles. The fraction of sp³-hybridized carbons (Fsp3) is 0.250. The number of nitrogens with one attached hydrogen (secondary N) is 1. The summed E-state index contributed by atoms with van der Waals surface area (Å²) in [6, 6.07) is 9.97. The third-order valence-electron chi connectivity index (χ3n) is 3.22. The Bertz CT molecular complexity index is 613. The Kier molecular flexibility index (Phi) is 4.73. The Morgan fingerprint density at radius 3 is 2.55 bits per heavy atom. The lowest BCUT2D eigenvalue weighted by Gasteiger charge is -2.14. The van der Waals surface area contributed by atoms with E-state index in [-0.39, 0.29) is 11.1 Å². The molecule has 0 aromatic heterocycles. The van der Waals surface area contributed by atoms with Crippen LogP contribution in [0.5, 0.6) is 0 Å². The second kappa shape index (κ2) is 6.33. The van der Waals surface area contributed by atoms with Gasteiger partial charge in [0.2, 0.25) is 0 Å². The van der Waals surface area contributed by atoms with E-state index in [1.54, 1.807) is 0 Å². The first-order valence-electron chi connectivity index (χ1n) is 6.51. The number of benzene rings is 2. The standard InChI is InChI=1S/C16H16ClF2N/c1-3-20-10(2)11-5-4-6-12(7-11)13-8-15(18)16(19)9-14(13)17/h4-10,20H,3H2,1-2H3. The van der Waals surface area contributed by atoms with E-state index >= 15 is 0 Å². The van der Waals surface area contributed by atoms with Crippen LogP contribution >= 0.6 is 11.6 Å². The fourth-order valence-corrected chi connectivity index (χ4v) is 2.40. The first-order valence-corrected chi connectivity index (χ1v) is 6.89. The molecule has 0 saturated carbocycles. The molecule has 0 aliphatic carbocycles. The Labute approximate surface area is 122 Å². The van der Waals surface area contributed by atoms with Gasteiger partial charge in [-0.1, -0.05) is 36.7 Å². The van der Waals surface area contributed by atoms with Gasteiger partial charge in [0.25, 0.3) is 0 Å². The average Bonchev–Trinajstić information content (AvgIpc) is 2.43. The van der Waals surface area contributed by atoms with E-state index in [0.717, 1.165) is 29.8 Å². The number of halogens is 3. The van der Waals surface area contributed by atoms with Crippen molar-refractivity contribution >= 4 is 11.6 Å². The molecule has 0 heterocycles. The smallest absolute Gasteiger partial charge is 0.160 e. The number of rotatable bonds is 4. The topological polar surface area (TPSA) is 12.0 Å². The van der Waals surface area contributed by atoms with Gasteiger partial charge in [0.1, 0.15) is 0 Å². The number of hydrogen-bond donors (Lipinski definition) is 1. The maximum Gasteiger partial charge on any atom is 0.160 e. The van der Waals surface area contributed by atoms with Gasteiger partial charge in [-0.2, -0.15) is 0 Å². The average molecular weight is 296 g/mol. The van der Waals surface area contributed by atoms with E-state index in [1.165, 1.54) is 0 Å². The predicted molar refractivity (Wildman–Crippen MR) is 78.9 cm³/mol. The first kappa shape index (κ1) is 14.9. The van der Waals surface area contributed by atoms with Gasteiger partial charge in [0, 0.05) is 11.6 Å². The fourth-order valence-electron chi connectivity index (χ4n) is 2.14. The van der Waals surface area contributed by atoms with Gasteiger partial charge in [-0.3, -0.25) is 0 Å². The zero-order valence-corrected chi connectivity index (χ0v) is 12.1. The van der Waals surface area contributed by atoms with Gasteiger partial charge in [-0.05, 0) is 42.8 Å². The molecule has 1 N–H and O–H groups in total. The molecule has 2 aromatic rings. The molecule has 0 fully saturated rings. The monoisotopic (exact) mass is 295 g/mol. The predicted octanol–water partition coefficient (Wildman–Crippen LogP) is 4.96. The van der Waals surface area contributed by atoms with E-state index in [2.05, 4.69) is 12.2 Å². The summed E-state index contributed by atoms with van der Waals surface area (Å²) in [4.78, 5) is 0. The van der Waals surface area contributed by atoms with Crippen molar-refractivity contribution in [3.63, 3.8) is 0 Å². The van der Waals surface area contributed by atoms with Crippen LogP contribution in [-0.2, 0) is 0 Å². The minimum atomic E-state index is -0.934. The molecule has 0 saturated heterocycles. The summed E-state index contributed by atoms with van der Waals surface area (Å²) in [6.45, 7) is 4.94. The van der Waals surface area contributed by atoms with Crippen LogP contribution in [0, 0.1) is 11.6 Å². The lowest BCUT2D eigenvalue weighted by atomic mass is 10.00. The summed E-state index contributed by atoms with van der Waals surface area (Å²) >= 11 is 6.01. The lowest BCUT2D eigenvalue weighted by Crippen LogP contribution is -2.17. The Morgan fingerprint density at radius 1 is 1.15 bits per heavy atom. The molecule has 1 atom stereocenters. The number of hydrogen-bond acceptors (Lipinski definition) is 1. The molecule has 1 unspecified atom stereocenters. The normalized spacial score (nSPS) is 12.4. The SMILES string of the molecule is CCNC(C)c1cccc(-c2cc(F)c(F)cc2Cl)c1. The van der Waals surface area contributed by atoms with Crippen LogP contribution in [0.3, 0.4) is 0 Å². The summed E-state index contributed by atoms with van der Waals surface area (Å²) in [7, 11) is 0. The maximum absolute atomic E-state index is 13.4. The first-order chi connectivity index (χ1) is 9.52. The summed E-state index contributed by atoms with van der Waals surface area (Å²) in [6.07, 6.45) is 0. The van der Waals surface area contributed by atoms with Crippen molar-refractivity contribution in [1.82, 2.24) is 5.32 Å². The van der Waals surface area contributed by atoms with Gasteiger partial charge in [-0.25, -0.2) is 8.78 Å². The van der Waals surface area contributed by atoms with Crippen molar-refractivity contribution in [3.8, 4) is 11.1 Å². The van der Waals surface area contributed by atoms with Gasteiger partial charge < -0.3 is 5.32 Å². The van der Waals surface area contributed by atoms with Crippen molar-refractivity contribution in [2.45, 2.75) is 19.9 Å². The molecule has 0 aliphatic rings. The Hall–Kier alpha value is -1.45. The van der Waals surface area contributed by atoms with E-state index in [4.69, 9.17) is 11.6 Å². The molecule has 0 amide bonds. The highest BCUT2D eigenvalue weighted by Crippen LogP contribution is 2.31. The molecule has 20 heavy (non-hydrogen) atoms.